The number of rotatable bonds is 5. The molecule has 10 aromatic rings. The second-order valence-electron chi connectivity index (χ2n) is 12.3. The van der Waals surface area contributed by atoms with Crippen LogP contribution in [-0.4, -0.2) is 15.0 Å². The summed E-state index contributed by atoms with van der Waals surface area (Å²) in [7, 11) is 0. The molecule has 50 heavy (non-hydrogen) atoms. The standard InChI is InChI=1S/C45H27N3S2/c1-3-14-28(15-4-1)43-46-44(29-16-5-2-6-17-29)48-45(47-43)41-32(31-22-13-27-39-40(31)36-19-8-10-26-38(36)49-39)20-11-21-33(41)35-24-12-23-34-30-18-7-9-25-37(30)50-42(34)35/h1-27H. The lowest BCUT2D eigenvalue weighted by Crippen LogP contribution is -2.02. The summed E-state index contributed by atoms with van der Waals surface area (Å²) in [5.41, 5.74) is 7.43. The molecule has 3 nitrogen and oxygen atoms in total. The number of fused-ring (bicyclic) bond motifs is 6. The van der Waals surface area contributed by atoms with Crippen LogP contribution in [0.25, 0.3) is 96.8 Å². The van der Waals surface area contributed by atoms with Gasteiger partial charge in [-0.2, -0.15) is 0 Å². The van der Waals surface area contributed by atoms with Crippen molar-refractivity contribution in [2.45, 2.75) is 0 Å². The van der Waals surface area contributed by atoms with E-state index < -0.39 is 0 Å². The molecule has 0 fully saturated rings. The summed E-state index contributed by atoms with van der Waals surface area (Å²) in [6.07, 6.45) is 0. The topological polar surface area (TPSA) is 38.7 Å². The Balaban J connectivity index is 1.34. The lowest BCUT2D eigenvalue weighted by Gasteiger charge is -2.17. The molecule has 3 aromatic heterocycles. The molecule has 0 radical (unpaired) electrons. The molecule has 7 aromatic carbocycles. The van der Waals surface area contributed by atoms with E-state index in [2.05, 4.69) is 127 Å². The largest absolute Gasteiger partial charge is 0.208 e. The third kappa shape index (κ3) is 4.74. The Labute approximate surface area is 296 Å². The van der Waals surface area contributed by atoms with Gasteiger partial charge in [-0.1, -0.05) is 146 Å². The maximum Gasteiger partial charge on any atom is 0.165 e. The van der Waals surface area contributed by atoms with Gasteiger partial charge in [-0.15, -0.1) is 22.7 Å². The van der Waals surface area contributed by atoms with E-state index in [1.165, 1.54) is 51.5 Å². The fraction of sp³-hybridized carbons (Fsp3) is 0. The molecule has 0 atom stereocenters. The number of hydrogen-bond donors (Lipinski definition) is 0. The Hall–Kier alpha value is -6.01. The Morgan fingerprint density at radius 3 is 1.52 bits per heavy atom. The van der Waals surface area contributed by atoms with E-state index in [0.29, 0.717) is 17.5 Å². The van der Waals surface area contributed by atoms with Crippen LogP contribution >= 0.6 is 22.7 Å². The Kier molecular flexibility index (Phi) is 6.86. The van der Waals surface area contributed by atoms with Gasteiger partial charge < -0.3 is 0 Å². The average Bonchev–Trinajstić information content (AvgIpc) is 3.77. The molecule has 10 rings (SSSR count). The third-order valence-corrected chi connectivity index (χ3v) is 11.7. The van der Waals surface area contributed by atoms with Crippen molar-refractivity contribution in [2.75, 3.05) is 0 Å². The Bertz CT molecular complexity index is 2810. The normalized spacial score (nSPS) is 11.6. The highest BCUT2D eigenvalue weighted by Gasteiger charge is 2.23. The van der Waals surface area contributed by atoms with Crippen LogP contribution in [0.2, 0.25) is 0 Å². The predicted molar refractivity (Wildman–Crippen MR) is 213 cm³/mol. The van der Waals surface area contributed by atoms with Crippen molar-refractivity contribution in [3.05, 3.63) is 164 Å². The minimum Gasteiger partial charge on any atom is -0.208 e. The predicted octanol–water partition coefficient (Wildman–Crippen LogP) is 12.9. The first-order chi connectivity index (χ1) is 24.8. The van der Waals surface area contributed by atoms with E-state index in [4.69, 9.17) is 15.0 Å². The van der Waals surface area contributed by atoms with Crippen LogP contribution in [-0.2, 0) is 0 Å². The summed E-state index contributed by atoms with van der Waals surface area (Å²) >= 11 is 3.68. The first-order valence-corrected chi connectivity index (χ1v) is 18.2. The average molecular weight is 674 g/mol. The quantitative estimate of drug-likeness (QED) is 0.182. The van der Waals surface area contributed by atoms with Crippen molar-refractivity contribution < 1.29 is 0 Å². The summed E-state index contributed by atoms with van der Waals surface area (Å²) in [4.78, 5) is 15.7. The van der Waals surface area contributed by atoms with E-state index in [1.54, 1.807) is 0 Å². The van der Waals surface area contributed by atoms with E-state index in [1.807, 2.05) is 59.1 Å². The van der Waals surface area contributed by atoms with Crippen molar-refractivity contribution in [3.63, 3.8) is 0 Å². The monoisotopic (exact) mass is 673 g/mol. The Morgan fingerprint density at radius 2 is 0.800 bits per heavy atom. The highest BCUT2D eigenvalue weighted by molar-refractivity contribution is 7.26. The summed E-state index contributed by atoms with van der Waals surface area (Å²) in [6, 6.07) is 57.8. The van der Waals surface area contributed by atoms with Crippen molar-refractivity contribution in [3.8, 4) is 56.4 Å². The molecular weight excluding hydrogens is 647 g/mol. The van der Waals surface area contributed by atoms with E-state index in [0.717, 1.165) is 27.8 Å². The van der Waals surface area contributed by atoms with Gasteiger partial charge in [0.05, 0.1) is 0 Å². The minimum absolute atomic E-state index is 0.648. The lowest BCUT2D eigenvalue weighted by atomic mass is 9.89. The molecule has 0 spiro atoms. The van der Waals surface area contributed by atoms with E-state index in [-0.39, 0.29) is 0 Å². The minimum atomic E-state index is 0.648. The van der Waals surface area contributed by atoms with Crippen LogP contribution in [0.1, 0.15) is 0 Å². The molecule has 0 aliphatic carbocycles. The van der Waals surface area contributed by atoms with Gasteiger partial charge in [-0.05, 0) is 34.9 Å². The fourth-order valence-corrected chi connectivity index (χ4v) is 9.48. The molecule has 0 saturated carbocycles. The molecule has 0 saturated heterocycles. The summed E-state index contributed by atoms with van der Waals surface area (Å²) in [5.74, 6) is 1.95. The van der Waals surface area contributed by atoms with Crippen molar-refractivity contribution in [2.24, 2.45) is 0 Å². The highest BCUT2D eigenvalue weighted by Crippen LogP contribution is 2.48. The van der Waals surface area contributed by atoms with Crippen LogP contribution in [0.4, 0.5) is 0 Å². The van der Waals surface area contributed by atoms with Crippen LogP contribution in [0.3, 0.4) is 0 Å². The number of thiophene rings is 2. The van der Waals surface area contributed by atoms with E-state index in [9.17, 15) is 0 Å². The third-order valence-electron chi connectivity index (χ3n) is 9.37. The smallest absolute Gasteiger partial charge is 0.165 e. The van der Waals surface area contributed by atoms with Gasteiger partial charge in [0.1, 0.15) is 0 Å². The van der Waals surface area contributed by atoms with Gasteiger partial charge in [0, 0.05) is 62.6 Å². The summed E-state index contributed by atoms with van der Waals surface area (Å²) < 4.78 is 5.07. The molecule has 3 heterocycles. The molecule has 0 aliphatic rings. The summed E-state index contributed by atoms with van der Waals surface area (Å²) in [5, 5.41) is 5.05. The Morgan fingerprint density at radius 1 is 0.320 bits per heavy atom. The van der Waals surface area contributed by atoms with E-state index >= 15 is 0 Å². The van der Waals surface area contributed by atoms with Crippen molar-refractivity contribution in [1.29, 1.82) is 0 Å². The van der Waals surface area contributed by atoms with Crippen LogP contribution in [0.15, 0.2) is 164 Å². The van der Waals surface area contributed by atoms with Crippen LogP contribution in [0, 0.1) is 0 Å². The van der Waals surface area contributed by atoms with Gasteiger partial charge in [0.15, 0.2) is 17.5 Å². The van der Waals surface area contributed by atoms with Gasteiger partial charge >= 0.3 is 0 Å². The number of benzene rings is 7. The second kappa shape index (κ2) is 11.8. The lowest BCUT2D eigenvalue weighted by molar-refractivity contribution is 1.07. The molecule has 0 aliphatic heterocycles. The van der Waals surface area contributed by atoms with Crippen molar-refractivity contribution >= 4 is 63.0 Å². The maximum absolute atomic E-state index is 5.31. The van der Waals surface area contributed by atoms with Crippen LogP contribution < -0.4 is 0 Å². The number of nitrogens with zero attached hydrogens (tertiary/aromatic N) is 3. The molecule has 0 amide bonds. The molecule has 5 heteroatoms. The molecule has 0 bridgehead atoms. The summed E-state index contributed by atoms with van der Waals surface area (Å²) in [6.45, 7) is 0. The van der Waals surface area contributed by atoms with Gasteiger partial charge in [-0.3, -0.25) is 0 Å². The number of aromatic nitrogens is 3. The molecule has 0 unspecified atom stereocenters. The zero-order chi connectivity index (χ0) is 33.0. The molecule has 0 N–H and O–H groups in total. The van der Waals surface area contributed by atoms with Gasteiger partial charge in [0.2, 0.25) is 0 Å². The molecule has 234 valence electrons. The zero-order valence-corrected chi connectivity index (χ0v) is 28.4. The van der Waals surface area contributed by atoms with Crippen LogP contribution in [0.5, 0.6) is 0 Å². The zero-order valence-electron chi connectivity index (χ0n) is 26.7. The van der Waals surface area contributed by atoms with Gasteiger partial charge in [-0.25, -0.2) is 15.0 Å². The highest BCUT2D eigenvalue weighted by atomic mass is 32.1. The molecular formula is C45H27N3S2. The number of hydrogen-bond acceptors (Lipinski definition) is 5. The SMILES string of the molecule is c1ccc(-c2nc(-c3ccccc3)nc(-c3c(-c4cccc5c4sc4ccccc45)cccc3-c3cccc4sc5ccccc5c34)n2)cc1. The second-order valence-corrected chi connectivity index (χ2v) is 14.5. The maximum atomic E-state index is 5.31. The van der Waals surface area contributed by atoms with Gasteiger partial charge in [0.25, 0.3) is 0 Å². The van der Waals surface area contributed by atoms with Crippen molar-refractivity contribution in [1.82, 2.24) is 15.0 Å². The first-order valence-electron chi connectivity index (χ1n) is 16.6. The fourth-order valence-electron chi connectivity index (χ4n) is 7.12. The first kappa shape index (κ1) is 29.0.